The van der Waals surface area contributed by atoms with Gasteiger partial charge in [0.05, 0.1) is 0 Å². The number of halogens is 1. The maximum absolute atomic E-state index is 13.0. The SMILES string of the molecule is Cc1cc(C(=O)NC2CC(C)C2)ccc1F. The van der Waals surface area contributed by atoms with E-state index in [1.807, 2.05) is 0 Å². The van der Waals surface area contributed by atoms with Crippen molar-refractivity contribution >= 4 is 5.91 Å². The molecule has 0 atom stereocenters. The fraction of sp³-hybridized carbons (Fsp3) is 0.462. The van der Waals surface area contributed by atoms with E-state index in [1.54, 1.807) is 13.0 Å². The van der Waals surface area contributed by atoms with Crippen LogP contribution in [0.3, 0.4) is 0 Å². The third kappa shape index (κ3) is 2.23. The topological polar surface area (TPSA) is 29.1 Å². The summed E-state index contributed by atoms with van der Waals surface area (Å²) >= 11 is 0. The highest BCUT2D eigenvalue weighted by atomic mass is 19.1. The fourth-order valence-corrected chi connectivity index (χ4v) is 2.07. The average molecular weight is 221 g/mol. The molecule has 0 heterocycles. The Kier molecular flexibility index (Phi) is 2.95. The largest absolute Gasteiger partial charge is 0.349 e. The van der Waals surface area contributed by atoms with Crippen LogP contribution in [0, 0.1) is 18.7 Å². The number of carbonyl (C=O) groups is 1. The van der Waals surface area contributed by atoms with E-state index in [0.29, 0.717) is 23.1 Å². The maximum Gasteiger partial charge on any atom is 0.251 e. The number of hydrogen-bond acceptors (Lipinski definition) is 1. The molecule has 0 aliphatic heterocycles. The smallest absolute Gasteiger partial charge is 0.251 e. The third-order valence-corrected chi connectivity index (χ3v) is 3.13. The van der Waals surface area contributed by atoms with Gasteiger partial charge < -0.3 is 5.32 Å². The number of amides is 1. The van der Waals surface area contributed by atoms with Gasteiger partial charge in [-0.15, -0.1) is 0 Å². The molecule has 2 nitrogen and oxygen atoms in total. The van der Waals surface area contributed by atoms with E-state index in [0.717, 1.165) is 12.8 Å². The Labute approximate surface area is 94.9 Å². The maximum atomic E-state index is 13.0. The van der Waals surface area contributed by atoms with Gasteiger partial charge in [0.15, 0.2) is 0 Å². The lowest BCUT2D eigenvalue weighted by Gasteiger charge is -2.33. The van der Waals surface area contributed by atoms with E-state index in [9.17, 15) is 9.18 Å². The summed E-state index contributed by atoms with van der Waals surface area (Å²) in [6, 6.07) is 4.76. The van der Waals surface area contributed by atoms with Crippen LogP contribution in [0.2, 0.25) is 0 Å². The Balaban J connectivity index is 2.01. The van der Waals surface area contributed by atoms with Crippen molar-refractivity contribution in [2.75, 3.05) is 0 Å². The van der Waals surface area contributed by atoms with Gasteiger partial charge in [0.25, 0.3) is 5.91 Å². The summed E-state index contributed by atoms with van der Waals surface area (Å²) in [5.74, 6) is 0.342. The van der Waals surface area contributed by atoms with E-state index < -0.39 is 0 Å². The van der Waals surface area contributed by atoms with Crippen LogP contribution in [-0.4, -0.2) is 11.9 Å². The second kappa shape index (κ2) is 4.24. The summed E-state index contributed by atoms with van der Waals surface area (Å²) in [4.78, 5) is 11.8. The van der Waals surface area contributed by atoms with E-state index in [-0.39, 0.29) is 11.7 Å². The first-order chi connectivity index (χ1) is 7.56. The summed E-state index contributed by atoms with van der Waals surface area (Å²) in [5, 5.41) is 2.95. The Bertz CT molecular complexity index is 410. The number of rotatable bonds is 2. The van der Waals surface area contributed by atoms with Crippen LogP contribution in [0.5, 0.6) is 0 Å². The molecule has 0 radical (unpaired) electrons. The normalized spacial score (nSPS) is 23.7. The molecule has 1 saturated carbocycles. The summed E-state index contributed by atoms with van der Waals surface area (Å²) in [5.41, 5.74) is 1.05. The monoisotopic (exact) mass is 221 g/mol. The van der Waals surface area contributed by atoms with E-state index in [1.165, 1.54) is 12.1 Å². The Hall–Kier alpha value is -1.38. The van der Waals surface area contributed by atoms with E-state index in [4.69, 9.17) is 0 Å². The second-order valence-corrected chi connectivity index (χ2v) is 4.71. The number of aryl methyl sites for hydroxylation is 1. The highest BCUT2D eigenvalue weighted by molar-refractivity contribution is 5.94. The molecular weight excluding hydrogens is 205 g/mol. The highest BCUT2D eigenvalue weighted by Crippen LogP contribution is 2.26. The lowest BCUT2D eigenvalue weighted by Crippen LogP contribution is -2.43. The van der Waals surface area contributed by atoms with Gasteiger partial charge in [0.1, 0.15) is 5.82 Å². The molecule has 16 heavy (non-hydrogen) atoms. The zero-order chi connectivity index (χ0) is 11.7. The van der Waals surface area contributed by atoms with E-state index >= 15 is 0 Å². The van der Waals surface area contributed by atoms with Gasteiger partial charge in [-0.1, -0.05) is 6.92 Å². The number of nitrogens with one attached hydrogen (secondary N) is 1. The molecule has 0 saturated heterocycles. The second-order valence-electron chi connectivity index (χ2n) is 4.71. The third-order valence-electron chi connectivity index (χ3n) is 3.13. The fourth-order valence-electron chi connectivity index (χ4n) is 2.07. The Morgan fingerprint density at radius 1 is 1.44 bits per heavy atom. The molecule has 86 valence electrons. The van der Waals surface area contributed by atoms with Gasteiger partial charge in [-0.05, 0) is 49.4 Å². The first-order valence-electron chi connectivity index (χ1n) is 5.63. The number of hydrogen-bond donors (Lipinski definition) is 1. The minimum Gasteiger partial charge on any atom is -0.349 e. The molecule has 1 aromatic rings. The van der Waals surface area contributed by atoms with Gasteiger partial charge in [-0.3, -0.25) is 4.79 Å². The first kappa shape index (κ1) is 11.1. The number of carbonyl (C=O) groups excluding carboxylic acids is 1. The van der Waals surface area contributed by atoms with Crippen molar-refractivity contribution in [3.8, 4) is 0 Å². The van der Waals surface area contributed by atoms with Crippen molar-refractivity contribution in [3.05, 3.63) is 35.1 Å². The lowest BCUT2D eigenvalue weighted by molar-refractivity contribution is 0.0896. The van der Waals surface area contributed by atoms with Crippen molar-refractivity contribution in [1.82, 2.24) is 5.32 Å². The summed E-state index contributed by atoms with van der Waals surface area (Å²) in [6.07, 6.45) is 2.10. The molecule has 3 heteroatoms. The molecule has 1 aliphatic carbocycles. The van der Waals surface area contributed by atoms with Crippen LogP contribution in [0.15, 0.2) is 18.2 Å². The lowest BCUT2D eigenvalue weighted by atomic mass is 9.82. The molecule has 2 rings (SSSR count). The number of benzene rings is 1. The van der Waals surface area contributed by atoms with Crippen molar-refractivity contribution in [2.24, 2.45) is 5.92 Å². The van der Waals surface area contributed by atoms with Crippen LogP contribution in [0.1, 0.15) is 35.7 Å². The molecule has 0 aromatic heterocycles. The van der Waals surface area contributed by atoms with Crippen LogP contribution in [-0.2, 0) is 0 Å². The van der Waals surface area contributed by atoms with Gasteiger partial charge in [0, 0.05) is 11.6 Å². The van der Waals surface area contributed by atoms with Crippen molar-refractivity contribution in [3.63, 3.8) is 0 Å². The summed E-state index contributed by atoms with van der Waals surface area (Å²) in [7, 11) is 0. The molecule has 1 aromatic carbocycles. The molecule has 1 aliphatic rings. The van der Waals surface area contributed by atoms with Crippen molar-refractivity contribution in [2.45, 2.75) is 32.7 Å². The zero-order valence-electron chi connectivity index (χ0n) is 9.59. The summed E-state index contributed by atoms with van der Waals surface area (Å²) < 4.78 is 13.0. The minimum atomic E-state index is -0.270. The molecule has 1 N–H and O–H groups in total. The van der Waals surface area contributed by atoms with Crippen molar-refractivity contribution in [1.29, 1.82) is 0 Å². The van der Waals surface area contributed by atoms with E-state index in [2.05, 4.69) is 12.2 Å². The van der Waals surface area contributed by atoms with Gasteiger partial charge in [-0.25, -0.2) is 4.39 Å². The van der Waals surface area contributed by atoms with Crippen LogP contribution in [0.25, 0.3) is 0 Å². The summed E-state index contributed by atoms with van der Waals surface area (Å²) in [6.45, 7) is 3.84. The van der Waals surface area contributed by atoms with Gasteiger partial charge >= 0.3 is 0 Å². The zero-order valence-corrected chi connectivity index (χ0v) is 9.59. The molecule has 0 unspecified atom stereocenters. The average Bonchev–Trinajstić information content (AvgIpc) is 2.19. The van der Waals surface area contributed by atoms with Crippen LogP contribution in [0.4, 0.5) is 4.39 Å². The van der Waals surface area contributed by atoms with Crippen molar-refractivity contribution < 1.29 is 9.18 Å². The quantitative estimate of drug-likeness (QED) is 0.817. The van der Waals surface area contributed by atoms with Crippen LogP contribution < -0.4 is 5.32 Å². The van der Waals surface area contributed by atoms with Gasteiger partial charge in [0.2, 0.25) is 0 Å². The Morgan fingerprint density at radius 2 is 2.12 bits per heavy atom. The molecule has 1 amide bonds. The predicted molar refractivity (Wildman–Crippen MR) is 60.8 cm³/mol. The molecule has 0 spiro atoms. The standard InChI is InChI=1S/C13H16FNO/c1-8-5-11(6-8)15-13(16)10-3-4-12(14)9(2)7-10/h3-4,7-8,11H,5-6H2,1-2H3,(H,15,16). The highest BCUT2D eigenvalue weighted by Gasteiger charge is 2.26. The van der Waals surface area contributed by atoms with Crippen LogP contribution >= 0.6 is 0 Å². The molecular formula is C13H16FNO. The first-order valence-corrected chi connectivity index (χ1v) is 5.63. The molecule has 1 fully saturated rings. The van der Waals surface area contributed by atoms with Gasteiger partial charge in [-0.2, -0.15) is 0 Å². The Morgan fingerprint density at radius 3 is 2.69 bits per heavy atom. The predicted octanol–water partition coefficient (Wildman–Crippen LogP) is 2.66. The molecule has 0 bridgehead atoms. The minimum absolute atomic E-state index is 0.0972.